The van der Waals surface area contributed by atoms with Gasteiger partial charge in [-0.3, -0.25) is 9.69 Å². The number of rotatable bonds is 9. The molecule has 0 aliphatic carbocycles. The van der Waals surface area contributed by atoms with Crippen molar-refractivity contribution < 1.29 is 15.0 Å². The van der Waals surface area contributed by atoms with Gasteiger partial charge in [-0.1, -0.05) is 26.0 Å². The Balaban J connectivity index is 3.36. The predicted octanol–water partition coefficient (Wildman–Crippen LogP) is 2.01. The van der Waals surface area contributed by atoms with Crippen molar-refractivity contribution in [1.82, 2.24) is 9.47 Å². The summed E-state index contributed by atoms with van der Waals surface area (Å²) >= 11 is 0. The van der Waals surface area contributed by atoms with E-state index in [9.17, 15) is 19.8 Å². The molecule has 1 heterocycles. The van der Waals surface area contributed by atoms with Gasteiger partial charge in [0.25, 0.3) is 0 Å². The molecule has 1 aromatic heterocycles. The molecular weight excluding hydrogens is 296 g/mol. The molecule has 6 nitrogen and oxygen atoms in total. The highest BCUT2D eigenvalue weighted by Crippen LogP contribution is 2.22. The van der Waals surface area contributed by atoms with E-state index in [2.05, 4.69) is 13.2 Å². The van der Waals surface area contributed by atoms with Crippen LogP contribution in [0.1, 0.15) is 25.6 Å². The molecule has 0 amide bonds. The van der Waals surface area contributed by atoms with Crippen molar-refractivity contribution in [3.05, 3.63) is 53.5 Å². The summed E-state index contributed by atoms with van der Waals surface area (Å²) in [6.45, 7) is 12.4. The maximum absolute atomic E-state index is 11.8. The molecular formula is C17H24N2O4. The summed E-state index contributed by atoms with van der Waals surface area (Å²) in [6, 6.07) is 0.415. The Morgan fingerprint density at radius 1 is 1.35 bits per heavy atom. The second-order valence-corrected chi connectivity index (χ2v) is 5.72. The predicted molar refractivity (Wildman–Crippen MR) is 89.5 cm³/mol. The Morgan fingerprint density at radius 2 is 1.91 bits per heavy atom. The fourth-order valence-electron chi connectivity index (χ4n) is 2.49. The highest BCUT2D eigenvalue weighted by Gasteiger charge is 2.26. The van der Waals surface area contributed by atoms with Crippen molar-refractivity contribution in [3.63, 3.8) is 0 Å². The number of carboxylic acids is 1. The first-order chi connectivity index (χ1) is 10.8. The van der Waals surface area contributed by atoms with Gasteiger partial charge in [-0.2, -0.15) is 0 Å². The Bertz CT molecular complexity index is 624. The van der Waals surface area contributed by atoms with E-state index >= 15 is 0 Å². The Morgan fingerprint density at radius 3 is 2.35 bits per heavy atom. The third-order valence-electron chi connectivity index (χ3n) is 3.49. The maximum atomic E-state index is 11.8. The lowest BCUT2D eigenvalue weighted by molar-refractivity contribution is -0.142. The highest BCUT2D eigenvalue weighted by atomic mass is 16.4. The van der Waals surface area contributed by atoms with Crippen molar-refractivity contribution in [2.45, 2.75) is 26.4 Å². The van der Waals surface area contributed by atoms with Crippen LogP contribution >= 0.6 is 0 Å². The van der Waals surface area contributed by atoms with Crippen LogP contribution in [-0.2, 0) is 11.3 Å². The number of aromatic nitrogens is 1. The molecule has 1 aromatic rings. The molecule has 0 aliphatic heterocycles. The largest absolute Gasteiger partial charge is 0.503 e. The zero-order valence-corrected chi connectivity index (χ0v) is 13.6. The summed E-state index contributed by atoms with van der Waals surface area (Å²) in [7, 11) is 0. The Labute approximate surface area is 136 Å². The van der Waals surface area contributed by atoms with E-state index in [1.54, 1.807) is 26.0 Å². The number of aliphatic carboxylic acids is 1. The van der Waals surface area contributed by atoms with Gasteiger partial charge in [0.05, 0.1) is 6.20 Å². The lowest BCUT2D eigenvalue weighted by Crippen LogP contribution is -2.31. The van der Waals surface area contributed by atoms with Gasteiger partial charge in [0.1, 0.15) is 6.04 Å². The van der Waals surface area contributed by atoms with E-state index in [0.29, 0.717) is 25.3 Å². The molecule has 2 N–H and O–H groups in total. The van der Waals surface area contributed by atoms with Crippen LogP contribution in [-0.4, -0.2) is 38.7 Å². The van der Waals surface area contributed by atoms with Gasteiger partial charge in [0.2, 0.25) is 5.43 Å². The van der Waals surface area contributed by atoms with Crippen molar-refractivity contribution in [2.75, 3.05) is 13.1 Å². The number of hydrogen-bond donors (Lipinski definition) is 2. The van der Waals surface area contributed by atoms with Gasteiger partial charge in [0.15, 0.2) is 5.75 Å². The van der Waals surface area contributed by atoms with E-state index in [1.807, 2.05) is 4.90 Å². The van der Waals surface area contributed by atoms with Gasteiger partial charge in [0, 0.05) is 31.4 Å². The molecule has 0 aliphatic rings. The quantitative estimate of drug-likeness (QED) is 0.680. The number of carboxylic acid groups (broad SMARTS) is 1. The Hall–Kier alpha value is -2.34. The SMILES string of the molecule is C=CCN(CC=C)Cc1cc(=O)c(O)cn1C(C(=O)O)C(C)C. The molecule has 0 saturated heterocycles. The number of pyridine rings is 1. The van der Waals surface area contributed by atoms with E-state index in [-0.39, 0.29) is 5.92 Å². The van der Waals surface area contributed by atoms with Crippen LogP contribution < -0.4 is 5.43 Å². The summed E-state index contributed by atoms with van der Waals surface area (Å²) in [5.74, 6) is -1.68. The lowest BCUT2D eigenvalue weighted by Gasteiger charge is -2.27. The molecule has 0 aromatic carbocycles. The molecule has 1 unspecified atom stereocenters. The molecule has 1 rings (SSSR count). The molecule has 0 bridgehead atoms. The van der Waals surface area contributed by atoms with Crippen LogP contribution in [0.5, 0.6) is 5.75 Å². The number of nitrogens with zero attached hydrogens (tertiary/aromatic N) is 2. The molecule has 126 valence electrons. The molecule has 0 radical (unpaired) electrons. The van der Waals surface area contributed by atoms with Crippen LogP contribution in [0.25, 0.3) is 0 Å². The smallest absolute Gasteiger partial charge is 0.326 e. The van der Waals surface area contributed by atoms with Crippen LogP contribution in [0.15, 0.2) is 42.4 Å². The average molecular weight is 320 g/mol. The van der Waals surface area contributed by atoms with Crippen LogP contribution in [0, 0.1) is 5.92 Å². The first-order valence-electron chi connectivity index (χ1n) is 7.42. The molecule has 0 saturated carbocycles. The van der Waals surface area contributed by atoms with Crippen molar-refractivity contribution in [2.24, 2.45) is 5.92 Å². The van der Waals surface area contributed by atoms with Gasteiger partial charge in [-0.05, 0) is 5.92 Å². The lowest BCUT2D eigenvalue weighted by atomic mass is 10.0. The zero-order valence-electron chi connectivity index (χ0n) is 13.6. The number of carbonyl (C=O) groups is 1. The van der Waals surface area contributed by atoms with Crippen LogP contribution in [0.2, 0.25) is 0 Å². The fourth-order valence-corrected chi connectivity index (χ4v) is 2.49. The maximum Gasteiger partial charge on any atom is 0.326 e. The zero-order chi connectivity index (χ0) is 17.6. The van der Waals surface area contributed by atoms with Gasteiger partial charge >= 0.3 is 5.97 Å². The summed E-state index contributed by atoms with van der Waals surface area (Å²) in [5.41, 5.74) is -0.00102. The van der Waals surface area contributed by atoms with Crippen LogP contribution in [0.4, 0.5) is 0 Å². The monoisotopic (exact) mass is 320 g/mol. The van der Waals surface area contributed by atoms with Crippen molar-refractivity contribution >= 4 is 5.97 Å². The van der Waals surface area contributed by atoms with Crippen LogP contribution in [0.3, 0.4) is 0 Å². The first-order valence-corrected chi connectivity index (χ1v) is 7.42. The minimum Gasteiger partial charge on any atom is -0.503 e. The van der Waals surface area contributed by atoms with Gasteiger partial charge < -0.3 is 14.8 Å². The summed E-state index contributed by atoms with van der Waals surface area (Å²) in [5, 5.41) is 19.2. The first kappa shape index (κ1) is 18.7. The molecule has 0 spiro atoms. The van der Waals surface area contributed by atoms with E-state index in [1.165, 1.54) is 16.8 Å². The van der Waals surface area contributed by atoms with Gasteiger partial charge in [-0.25, -0.2) is 4.79 Å². The summed E-state index contributed by atoms with van der Waals surface area (Å²) < 4.78 is 1.46. The number of hydrogen-bond acceptors (Lipinski definition) is 4. The minimum absolute atomic E-state index is 0.208. The second-order valence-electron chi connectivity index (χ2n) is 5.72. The second kappa shape index (κ2) is 8.33. The highest BCUT2D eigenvalue weighted by molar-refractivity contribution is 5.72. The topological polar surface area (TPSA) is 82.8 Å². The summed E-state index contributed by atoms with van der Waals surface area (Å²) in [6.07, 6.45) is 4.66. The standard InChI is InChI=1S/C17H24N2O4/c1-5-7-18(8-6-2)10-13-9-14(20)15(21)11-19(13)16(12(3)4)17(22)23/h5-6,9,11-12,16,21H,1-2,7-8,10H2,3-4H3,(H,22,23). The minimum atomic E-state index is -1.01. The van der Waals surface area contributed by atoms with E-state index in [0.717, 1.165) is 0 Å². The average Bonchev–Trinajstić information content (AvgIpc) is 2.44. The fraction of sp³-hybridized carbons (Fsp3) is 0.412. The normalized spacial score (nSPS) is 12.3. The van der Waals surface area contributed by atoms with Crippen molar-refractivity contribution in [1.29, 1.82) is 0 Å². The Kier molecular flexibility index (Phi) is 6.78. The molecule has 0 fully saturated rings. The van der Waals surface area contributed by atoms with Crippen molar-refractivity contribution in [3.8, 4) is 5.75 Å². The number of aromatic hydroxyl groups is 1. The third-order valence-corrected chi connectivity index (χ3v) is 3.49. The molecule has 1 atom stereocenters. The molecule has 23 heavy (non-hydrogen) atoms. The third kappa shape index (κ3) is 4.82. The molecule has 6 heteroatoms. The summed E-state index contributed by atoms with van der Waals surface area (Å²) in [4.78, 5) is 25.3. The van der Waals surface area contributed by atoms with Gasteiger partial charge in [-0.15, -0.1) is 13.2 Å². The van der Waals surface area contributed by atoms with E-state index < -0.39 is 23.2 Å². The van der Waals surface area contributed by atoms with E-state index in [4.69, 9.17) is 0 Å².